The third kappa shape index (κ3) is 10.7. The van der Waals surface area contributed by atoms with Crippen molar-refractivity contribution in [1.82, 2.24) is 20.4 Å². The molecule has 2 N–H and O–H groups in total. The van der Waals surface area contributed by atoms with E-state index < -0.39 is 0 Å². The first-order valence-electron chi connectivity index (χ1n) is 9.97. The number of likely N-dealkylation sites (N-methyl/N-ethyl adjacent to an activating group) is 1. The van der Waals surface area contributed by atoms with Gasteiger partial charge in [-0.25, -0.2) is 0 Å². The van der Waals surface area contributed by atoms with Gasteiger partial charge in [-0.05, 0) is 38.6 Å². The highest BCUT2D eigenvalue weighted by atomic mass is 16.5. The minimum absolute atomic E-state index is 0.813. The summed E-state index contributed by atoms with van der Waals surface area (Å²) in [5.41, 5.74) is 0. The molecule has 0 aromatic carbocycles. The van der Waals surface area contributed by atoms with E-state index in [0.29, 0.717) is 0 Å². The molecule has 2 atom stereocenters. The molecular weight excluding hydrogens is 314 g/mol. The van der Waals surface area contributed by atoms with E-state index in [1.54, 1.807) is 7.11 Å². The second-order valence-electron chi connectivity index (χ2n) is 7.54. The van der Waals surface area contributed by atoms with Gasteiger partial charge in [0.25, 0.3) is 0 Å². The Morgan fingerprint density at radius 1 is 1.20 bits per heavy atom. The number of guanidine groups is 1. The van der Waals surface area contributed by atoms with Crippen molar-refractivity contribution in [2.24, 2.45) is 16.8 Å². The number of likely N-dealkylation sites (tertiary alicyclic amines) is 1. The van der Waals surface area contributed by atoms with Crippen LogP contribution in [0.4, 0.5) is 0 Å². The van der Waals surface area contributed by atoms with Crippen LogP contribution in [0.1, 0.15) is 33.6 Å². The van der Waals surface area contributed by atoms with Crippen molar-refractivity contribution in [3.05, 3.63) is 0 Å². The van der Waals surface area contributed by atoms with E-state index in [9.17, 15) is 0 Å². The summed E-state index contributed by atoms with van der Waals surface area (Å²) >= 11 is 0. The van der Waals surface area contributed by atoms with Crippen molar-refractivity contribution in [3.63, 3.8) is 0 Å². The van der Waals surface area contributed by atoms with Crippen LogP contribution in [0.2, 0.25) is 0 Å². The molecular formula is C19H41N5O. The second kappa shape index (κ2) is 13.4. The van der Waals surface area contributed by atoms with Crippen molar-refractivity contribution < 1.29 is 4.74 Å². The maximum Gasteiger partial charge on any atom is 0.191 e. The average Bonchev–Trinajstić information content (AvgIpc) is 2.54. The fraction of sp³-hybridized carbons (Fsp3) is 0.947. The van der Waals surface area contributed by atoms with Gasteiger partial charge in [0.15, 0.2) is 5.96 Å². The lowest BCUT2D eigenvalue weighted by Crippen LogP contribution is -2.42. The van der Waals surface area contributed by atoms with Crippen molar-refractivity contribution in [2.75, 3.05) is 73.1 Å². The molecule has 1 heterocycles. The highest BCUT2D eigenvalue weighted by Crippen LogP contribution is 2.20. The van der Waals surface area contributed by atoms with Gasteiger partial charge in [-0.1, -0.05) is 13.8 Å². The van der Waals surface area contributed by atoms with Crippen LogP contribution in [0.5, 0.6) is 0 Å². The smallest absolute Gasteiger partial charge is 0.191 e. The highest BCUT2D eigenvalue weighted by molar-refractivity contribution is 5.79. The molecule has 0 spiro atoms. The fourth-order valence-corrected chi connectivity index (χ4v) is 3.58. The van der Waals surface area contributed by atoms with Crippen LogP contribution in [-0.2, 0) is 4.74 Å². The van der Waals surface area contributed by atoms with Crippen LogP contribution in [0, 0.1) is 11.8 Å². The van der Waals surface area contributed by atoms with Crippen molar-refractivity contribution in [2.45, 2.75) is 33.6 Å². The van der Waals surface area contributed by atoms with Crippen LogP contribution < -0.4 is 10.6 Å². The lowest BCUT2D eigenvalue weighted by atomic mass is 9.92. The van der Waals surface area contributed by atoms with Crippen LogP contribution in [0.25, 0.3) is 0 Å². The minimum atomic E-state index is 0.813. The number of aliphatic imine (C=N–C) groups is 1. The standard InChI is InChI=1S/C19H41N5O/c1-6-20-19(21-8-11-23(4)10-7-13-25-5)22-9-12-24-15-17(2)14-18(3)16-24/h17-18H,6-16H2,1-5H3,(H2,20,21,22). The summed E-state index contributed by atoms with van der Waals surface area (Å²) in [6, 6.07) is 0. The largest absolute Gasteiger partial charge is 0.385 e. The second-order valence-corrected chi connectivity index (χ2v) is 7.54. The van der Waals surface area contributed by atoms with E-state index in [2.05, 4.69) is 48.3 Å². The maximum absolute atomic E-state index is 5.10. The molecule has 1 rings (SSSR count). The van der Waals surface area contributed by atoms with Gasteiger partial charge in [0.1, 0.15) is 0 Å². The summed E-state index contributed by atoms with van der Waals surface area (Å²) in [5.74, 6) is 2.56. The van der Waals surface area contributed by atoms with E-state index in [-0.39, 0.29) is 0 Å². The van der Waals surface area contributed by atoms with Crippen molar-refractivity contribution >= 4 is 5.96 Å². The predicted molar refractivity (Wildman–Crippen MR) is 107 cm³/mol. The summed E-state index contributed by atoms with van der Waals surface area (Å²) in [4.78, 5) is 9.63. The van der Waals surface area contributed by atoms with Crippen LogP contribution >= 0.6 is 0 Å². The van der Waals surface area contributed by atoms with E-state index in [1.807, 2.05) is 0 Å². The summed E-state index contributed by atoms with van der Waals surface area (Å²) in [6.07, 6.45) is 2.44. The Morgan fingerprint density at radius 2 is 1.92 bits per heavy atom. The molecule has 0 saturated carbocycles. The molecule has 0 aliphatic carbocycles. The zero-order valence-electron chi connectivity index (χ0n) is 17.2. The number of nitrogens with one attached hydrogen (secondary N) is 2. The van der Waals surface area contributed by atoms with Gasteiger partial charge in [0.05, 0.1) is 6.54 Å². The van der Waals surface area contributed by atoms with E-state index in [1.165, 1.54) is 19.5 Å². The Hall–Kier alpha value is -0.850. The first kappa shape index (κ1) is 22.2. The monoisotopic (exact) mass is 355 g/mol. The number of ether oxygens (including phenoxy) is 1. The van der Waals surface area contributed by atoms with Gasteiger partial charge < -0.3 is 25.2 Å². The number of hydrogen-bond acceptors (Lipinski definition) is 4. The summed E-state index contributed by atoms with van der Waals surface area (Å²) in [6.45, 7) is 15.9. The lowest BCUT2D eigenvalue weighted by molar-refractivity contribution is 0.145. The van der Waals surface area contributed by atoms with E-state index >= 15 is 0 Å². The fourth-order valence-electron chi connectivity index (χ4n) is 3.58. The highest BCUT2D eigenvalue weighted by Gasteiger charge is 2.20. The summed E-state index contributed by atoms with van der Waals surface area (Å²) < 4.78 is 5.10. The maximum atomic E-state index is 5.10. The molecule has 0 radical (unpaired) electrons. The van der Waals surface area contributed by atoms with Gasteiger partial charge in [-0.15, -0.1) is 0 Å². The van der Waals surface area contributed by atoms with E-state index in [4.69, 9.17) is 9.73 Å². The molecule has 6 nitrogen and oxygen atoms in total. The third-order valence-electron chi connectivity index (χ3n) is 4.65. The molecule has 0 aromatic heterocycles. The molecule has 0 aromatic rings. The topological polar surface area (TPSA) is 52.1 Å². The molecule has 0 amide bonds. The molecule has 1 aliphatic heterocycles. The molecule has 0 bridgehead atoms. The zero-order chi connectivity index (χ0) is 18.5. The Balaban J connectivity index is 2.26. The Bertz CT molecular complexity index is 354. The van der Waals surface area contributed by atoms with Crippen LogP contribution in [0.3, 0.4) is 0 Å². The Labute approximate surface area is 155 Å². The number of nitrogens with zero attached hydrogens (tertiary/aromatic N) is 3. The zero-order valence-corrected chi connectivity index (χ0v) is 17.2. The molecule has 148 valence electrons. The van der Waals surface area contributed by atoms with Gasteiger partial charge in [0.2, 0.25) is 0 Å². The third-order valence-corrected chi connectivity index (χ3v) is 4.65. The molecule has 6 heteroatoms. The van der Waals surface area contributed by atoms with Gasteiger partial charge in [-0.3, -0.25) is 4.99 Å². The van der Waals surface area contributed by atoms with Crippen molar-refractivity contribution in [3.8, 4) is 0 Å². The van der Waals surface area contributed by atoms with Crippen molar-refractivity contribution in [1.29, 1.82) is 0 Å². The number of rotatable bonds is 11. The summed E-state index contributed by atoms with van der Waals surface area (Å²) in [5, 5.41) is 6.79. The lowest BCUT2D eigenvalue weighted by Gasteiger charge is -2.34. The van der Waals surface area contributed by atoms with E-state index in [0.717, 1.165) is 70.1 Å². The molecule has 25 heavy (non-hydrogen) atoms. The predicted octanol–water partition coefficient (Wildman–Crippen LogP) is 1.49. The SMILES string of the molecule is CCNC(=NCCN1CC(C)CC(C)C1)NCCN(C)CCCOC. The van der Waals surface area contributed by atoms with Gasteiger partial charge >= 0.3 is 0 Å². The first-order chi connectivity index (χ1) is 12.0. The number of hydrogen-bond donors (Lipinski definition) is 2. The molecule has 1 saturated heterocycles. The number of piperidine rings is 1. The van der Waals surface area contributed by atoms with Gasteiger partial charge in [0, 0.05) is 59.5 Å². The van der Waals surface area contributed by atoms with Gasteiger partial charge in [-0.2, -0.15) is 0 Å². The number of methoxy groups -OCH3 is 1. The minimum Gasteiger partial charge on any atom is -0.385 e. The normalized spacial score (nSPS) is 22.4. The quantitative estimate of drug-likeness (QED) is 0.334. The van der Waals surface area contributed by atoms with Crippen LogP contribution in [-0.4, -0.2) is 88.9 Å². The molecule has 1 aliphatic rings. The van der Waals surface area contributed by atoms with Crippen LogP contribution in [0.15, 0.2) is 4.99 Å². The molecule has 2 unspecified atom stereocenters. The Morgan fingerprint density at radius 3 is 2.56 bits per heavy atom. The Kier molecular flexibility index (Phi) is 11.9. The average molecular weight is 356 g/mol. The molecule has 1 fully saturated rings. The summed E-state index contributed by atoms with van der Waals surface area (Å²) in [7, 11) is 3.91. The first-order valence-corrected chi connectivity index (χ1v) is 9.97.